The topological polar surface area (TPSA) is 339 Å². The third kappa shape index (κ3) is 19.2. The summed E-state index contributed by atoms with van der Waals surface area (Å²) < 4.78 is 89.0. The van der Waals surface area contributed by atoms with Crippen LogP contribution in [0.15, 0.2) is 36.4 Å². The van der Waals surface area contributed by atoms with Crippen molar-refractivity contribution in [2.24, 2.45) is 11.8 Å². The monoisotopic (exact) mass is 1280 g/mol. The van der Waals surface area contributed by atoms with Crippen LogP contribution in [0.1, 0.15) is 171 Å². The molecule has 6 saturated heterocycles. The molecule has 90 heavy (non-hydrogen) atoms. The summed E-state index contributed by atoms with van der Waals surface area (Å²) in [6.45, 7) is 16.5. The van der Waals surface area contributed by atoms with Gasteiger partial charge in [-0.3, -0.25) is 14.4 Å². The van der Waals surface area contributed by atoms with Gasteiger partial charge in [-0.05, 0) is 78.4 Å². The van der Waals surface area contributed by atoms with E-state index in [1.165, 1.54) is 33.8 Å². The van der Waals surface area contributed by atoms with Crippen LogP contribution in [0, 0.1) is 11.8 Å². The highest BCUT2D eigenvalue weighted by Gasteiger charge is 2.59. The van der Waals surface area contributed by atoms with Crippen LogP contribution in [0.2, 0.25) is 0 Å². The number of esters is 4. The first-order chi connectivity index (χ1) is 43.0. The molecule has 28 atom stereocenters. The summed E-state index contributed by atoms with van der Waals surface area (Å²) in [7, 11) is 0. The van der Waals surface area contributed by atoms with Crippen molar-refractivity contribution < 1.29 is 121 Å². The molecular weight excluding hydrogens is 1180 g/mol. The molecule has 0 saturated carbocycles. The third-order valence-electron chi connectivity index (χ3n) is 18.1. The Morgan fingerprint density at radius 3 is 1.72 bits per heavy atom. The van der Waals surface area contributed by atoms with Gasteiger partial charge in [0.25, 0.3) is 0 Å². The minimum Gasteiger partial charge on any atom is -0.456 e. The molecule has 6 aliphatic rings. The van der Waals surface area contributed by atoms with Gasteiger partial charge in [-0.1, -0.05) is 123 Å². The Balaban J connectivity index is 1.25. The summed E-state index contributed by atoms with van der Waals surface area (Å²) >= 11 is 0. The van der Waals surface area contributed by atoms with Crippen molar-refractivity contribution in [3.8, 4) is 0 Å². The van der Waals surface area contributed by atoms with Crippen LogP contribution in [-0.4, -0.2) is 219 Å². The lowest BCUT2D eigenvalue weighted by atomic mass is 9.95. The maximum Gasteiger partial charge on any atom is 0.331 e. The predicted octanol–water partition coefficient (Wildman–Crippen LogP) is 4.72. The molecule has 1 aromatic carbocycles. The van der Waals surface area contributed by atoms with Crippen LogP contribution in [0.3, 0.4) is 0 Å². The molecule has 512 valence electrons. The van der Waals surface area contributed by atoms with Gasteiger partial charge < -0.3 is 102 Å². The number of fused-ring (bicyclic) bond motifs is 3. The van der Waals surface area contributed by atoms with Gasteiger partial charge in [0.2, 0.25) is 0 Å². The van der Waals surface area contributed by atoms with Crippen molar-refractivity contribution >= 4 is 30.0 Å². The Labute approximate surface area is 528 Å². The minimum absolute atomic E-state index is 0.0474. The second kappa shape index (κ2) is 35.1. The molecule has 0 unspecified atom stereocenters. The molecule has 6 heterocycles. The normalized spacial score (nSPS) is 41.0. The van der Waals surface area contributed by atoms with Crippen LogP contribution in [-0.2, 0) is 85.5 Å². The second-order valence-electron chi connectivity index (χ2n) is 25.2. The van der Waals surface area contributed by atoms with Crippen LogP contribution >= 0.6 is 0 Å². The van der Waals surface area contributed by atoms with Crippen molar-refractivity contribution in [3.63, 3.8) is 0 Å². The van der Waals surface area contributed by atoms with Crippen molar-refractivity contribution in [3.05, 3.63) is 42.0 Å². The van der Waals surface area contributed by atoms with E-state index in [1.54, 1.807) is 65.0 Å². The fourth-order valence-corrected chi connectivity index (χ4v) is 11.9. The van der Waals surface area contributed by atoms with Crippen LogP contribution < -0.4 is 0 Å². The average molecular weight is 1280 g/mol. The lowest BCUT2D eigenvalue weighted by molar-refractivity contribution is -0.399. The van der Waals surface area contributed by atoms with Gasteiger partial charge >= 0.3 is 23.9 Å². The molecule has 0 spiro atoms. The molecule has 25 heteroatoms. The number of unbranched alkanes of at least 4 members (excludes halogenated alkanes) is 2. The van der Waals surface area contributed by atoms with E-state index in [1.807, 2.05) is 0 Å². The largest absolute Gasteiger partial charge is 0.456 e. The number of hydrogen-bond acceptors (Lipinski definition) is 25. The SMILES string of the molecule is CCCCC[C@H]1CCCCCCCCCC(=O)O[C@H]2[C@@H](O)[C@H](O[C@H]3[C@H](O1)O[C@H](C)[C@H](O)[C@@H]3O)O[C@@H](C)[C@@H]2O[C@@H]1O[C@@H](C)[C@H](O[C@@H]2O[C@@H](C)[C@H](OC(=O)[C@@H](C)CC)[C@@H](OC(=O)/C=C/c3ccccc3)[C@H]2O)[C@@H](O[C@@H]2O[C@@H](C)[C@H](O)[C@@H](O)[C@H]2O)[C@H]1OC(=O)[C@@H](C)CC. The van der Waals surface area contributed by atoms with Crippen molar-refractivity contribution in [2.45, 2.75) is 325 Å². The third-order valence-corrected chi connectivity index (χ3v) is 18.1. The first-order valence-electron chi connectivity index (χ1n) is 32.8. The van der Waals surface area contributed by atoms with E-state index in [0.29, 0.717) is 31.2 Å². The van der Waals surface area contributed by atoms with E-state index >= 15 is 0 Å². The molecule has 1 aromatic rings. The van der Waals surface area contributed by atoms with Gasteiger partial charge in [-0.2, -0.15) is 0 Å². The molecular formula is C65H102O25. The average Bonchev–Trinajstić information content (AvgIpc) is 0.815. The first kappa shape index (κ1) is 73.6. The summed E-state index contributed by atoms with van der Waals surface area (Å²) in [4.78, 5) is 55.4. The standard InChI is InChI=1S/C65H102O25/c1-11-14-21-28-41-29-24-18-16-15-17-19-25-30-42(66)83-55-50(74)63(89-56-47(71)45(69)36(7)78-64(56)82-41)80-38(9)52(55)88-65-58(86-60(76)34(5)13-3)57(90-61-48(72)46(70)44(68)35(6)77-61)53(39(10)81-65)87-62-49(73)54(51(37(8)79-62)85-59(75)33(4)12-2)84-43(67)32-31-40-26-22-20-23-27-40/h20,22-23,26-27,31-39,41,44-58,61-65,68-74H,11-19,21,24-25,28-30H2,1-10H3/b32-31+/t33-,34-,35-,36+,37-,38-,39-,41-,44-,45-,46+,47-,48+,49+,50+,51-,52-,53-,54-,55-,56+,57+,58+,61-,62-,63-,64-,65-/m0/s1. The Hall–Kier alpha value is -3.84. The second-order valence-corrected chi connectivity index (χ2v) is 25.2. The number of aliphatic hydroxyl groups is 7. The zero-order valence-corrected chi connectivity index (χ0v) is 53.8. The molecule has 7 N–H and O–H groups in total. The highest BCUT2D eigenvalue weighted by Crippen LogP contribution is 2.40. The fraction of sp³-hybridized carbons (Fsp3) is 0.815. The number of rotatable bonds is 19. The highest BCUT2D eigenvalue weighted by atomic mass is 16.8. The Bertz CT molecular complexity index is 2380. The van der Waals surface area contributed by atoms with Crippen molar-refractivity contribution in [1.82, 2.24) is 0 Å². The summed E-state index contributed by atoms with van der Waals surface area (Å²) in [6, 6.07) is 8.86. The predicted molar refractivity (Wildman–Crippen MR) is 318 cm³/mol. The van der Waals surface area contributed by atoms with Crippen LogP contribution in [0.25, 0.3) is 6.08 Å². The number of ether oxygens (including phenoxy) is 14. The fourth-order valence-electron chi connectivity index (χ4n) is 11.9. The molecule has 7 rings (SSSR count). The van der Waals surface area contributed by atoms with Crippen molar-refractivity contribution in [2.75, 3.05) is 0 Å². The van der Waals surface area contributed by atoms with Gasteiger partial charge in [-0.25, -0.2) is 4.79 Å². The van der Waals surface area contributed by atoms with E-state index in [0.717, 1.165) is 63.9 Å². The zero-order valence-electron chi connectivity index (χ0n) is 53.8. The number of benzene rings is 1. The van der Waals surface area contributed by atoms with Gasteiger partial charge in [0, 0.05) is 12.5 Å². The summed E-state index contributed by atoms with van der Waals surface area (Å²) in [5.41, 5.74) is 0.661. The molecule has 6 fully saturated rings. The molecule has 6 aliphatic heterocycles. The molecule has 0 radical (unpaired) electrons. The van der Waals surface area contributed by atoms with E-state index < -0.39 is 189 Å². The van der Waals surface area contributed by atoms with Crippen LogP contribution in [0.4, 0.5) is 0 Å². The maximum absolute atomic E-state index is 14.3. The maximum atomic E-state index is 14.3. The summed E-state index contributed by atoms with van der Waals surface area (Å²) in [5, 5.41) is 81.2. The van der Waals surface area contributed by atoms with E-state index in [9.17, 15) is 54.9 Å². The smallest absolute Gasteiger partial charge is 0.331 e. The lowest BCUT2D eigenvalue weighted by Crippen LogP contribution is -2.68. The Kier molecular flexibility index (Phi) is 28.7. The van der Waals surface area contributed by atoms with Gasteiger partial charge in [0.15, 0.2) is 55.9 Å². The number of carbonyl (C=O) groups is 4. The van der Waals surface area contributed by atoms with E-state index in [4.69, 9.17) is 66.3 Å². The minimum atomic E-state index is -1.95. The molecule has 2 bridgehead atoms. The lowest BCUT2D eigenvalue weighted by Gasteiger charge is -2.51. The van der Waals surface area contributed by atoms with Gasteiger partial charge in [0.05, 0.1) is 48.5 Å². The quantitative estimate of drug-likeness (QED) is 0.0426. The summed E-state index contributed by atoms with van der Waals surface area (Å²) in [6.07, 6.45) is -26.0. The number of hydrogen-bond donors (Lipinski definition) is 7. The Morgan fingerprint density at radius 1 is 0.511 bits per heavy atom. The van der Waals surface area contributed by atoms with Crippen LogP contribution in [0.5, 0.6) is 0 Å². The molecule has 25 nitrogen and oxygen atoms in total. The number of carbonyl (C=O) groups excluding carboxylic acids is 4. The first-order valence-corrected chi connectivity index (χ1v) is 32.8. The van der Waals surface area contributed by atoms with Gasteiger partial charge in [-0.15, -0.1) is 0 Å². The van der Waals surface area contributed by atoms with E-state index in [-0.39, 0.29) is 18.9 Å². The molecule has 0 aliphatic carbocycles. The zero-order chi connectivity index (χ0) is 65.5. The van der Waals surface area contributed by atoms with E-state index in [2.05, 4.69) is 6.92 Å². The summed E-state index contributed by atoms with van der Waals surface area (Å²) in [5.74, 6) is -4.47. The number of aliphatic hydroxyl groups excluding tert-OH is 7. The van der Waals surface area contributed by atoms with Crippen molar-refractivity contribution in [1.29, 1.82) is 0 Å². The Morgan fingerprint density at radius 2 is 1.06 bits per heavy atom. The molecule has 0 amide bonds. The highest BCUT2D eigenvalue weighted by molar-refractivity contribution is 5.87. The molecule has 0 aromatic heterocycles. The van der Waals surface area contributed by atoms with Gasteiger partial charge in [0.1, 0.15) is 67.1 Å².